The predicted molar refractivity (Wildman–Crippen MR) is 112 cm³/mol. The van der Waals surface area contributed by atoms with Gasteiger partial charge in [-0.1, -0.05) is 13.8 Å². The van der Waals surface area contributed by atoms with E-state index in [1.165, 1.54) is 25.3 Å². The topological polar surface area (TPSA) is 75.5 Å². The summed E-state index contributed by atoms with van der Waals surface area (Å²) in [6.45, 7) is 6.45. The van der Waals surface area contributed by atoms with Crippen molar-refractivity contribution in [3.63, 3.8) is 0 Å². The summed E-state index contributed by atoms with van der Waals surface area (Å²) in [5, 5.41) is 15.1. The van der Waals surface area contributed by atoms with Crippen LogP contribution in [0.1, 0.15) is 75.6 Å². The molecule has 156 valence electrons. The first-order chi connectivity index (χ1) is 13.7. The average Bonchev–Trinajstić information content (AvgIpc) is 3.11. The third-order valence-corrected chi connectivity index (χ3v) is 7.89. The van der Waals surface area contributed by atoms with Gasteiger partial charge in [0.25, 0.3) is 11.6 Å². The van der Waals surface area contributed by atoms with Gasteiger partial charge in [-0.2, -0.15) is 0 Å². The standard InChI is InChI=1S/C23H31N3O3/c1-21-10-16-11-22(2,13-21)15-23(12-16,14-21)24-20(27)17-5-6-18(19(9-17)26(28)29)25-7-3-4-8-25/h5-6,9,16H,3-4,7-8,10-15H2,1-2H3,(H,24,27)/t16?,21-,22-,23?/m1/s1. The Morgan fingerprint density at radius 2 is 1.76 bits per heavy atom. The van der Waals surface area contributed by atoms with Crippen molar-refractivity contribution in [3.8, 4) is 0 Å². The van der Waals surface area contributed by atoms with E-state index >= 15 is 0 Å². The number of anilines is 1. The summed E-state index contributed by atoms with van der Waals surface area (Å²) >= 11 is 0. The Bertz CT molecular complexity index is 858. The molecule has 1 amide bonds. The normalized spacial score (nSPS) is 37.7. The molecule has 5 fully saturated rings. The van der Waals surface area contributed by atoms with Crippen molar-refractivity contribution in [3.05, 3.63) is 33.9 Å². The van der Waals surface area contributed by atoms with Crippen molar-refractivity contribution in [2.45, 2.75) is 70.8 Å². The molecule has 0 spiro atoms. The fraction of sp³-hybridized carbons (Fsp3) is 0.696. The lowest BCUT2D eigenvalue weighted by Crippen LogP contribution is -2.65. The molecule has 1 aliphatic heterocycles. The van der Waals surface area contributed by atoms with E-state index in [9.17, 15) is 14.9 Å². The third kappa shape index (κ3) is 3.21. The minimum atomic E-state index is -0.350. The minimum absolute atomic E-state index is 0.0454. The van der Waals surface area contributed by atoms with E-state index in [0.29, 0.717) is 28.0 Å². The molecule has 1 aromatic rings. The van der Waals surface area contributed by atoms with Crippen molar-refractivity contribution in [1.82, 2.24) is 5.32 Å². The molecule has 1 aromatic carbocycles. The summed E-state index contributed by atoms with van der Waals surface area (Å²) in [7, 11) is 0. The molecular weight excluding hydrogens is 366 g/mol. The Morgan fingerprint density at radius 1 is 1.10 bits per heavy atom. The van der Waals surface area contributed by atoms with Crippen molar-refractivity contribution in [2.75, 3.05) is 18.0 Å². The zero-order valence-electron chi connectivity index (χ0n) is 17.5. The van der Waals surface area contributed by atoms with Crippen LogP contribution in [0.2, 0.25) is 0 Å². The fourth-order valence-electron chi connectivity index (χ4n) is 7.94. The second-order valence-electron chi connectivity index (χ2n) is 11.0. The van der Waals surface area contributed by atoms with Crippen molar-refractivity contribution < 1.29 is 9.72 Å². The van der Waals surface area contributed by atoms with Crippen molar-refractivity contribution in [2.24, 2.45) is 16.7 Å². The lowest BCUT2D eigenvalue weighted by atomic mass is 9.43. The number of carbonyl (C=O) groups excluding carboxylic acids is 1. The maximum atomic E-state index is 13.2. The summed E-state index contributed by atoms with van der Waals surface area (Å²) in [6, 6.07) is 5.01. The van der Waals surface area contributed by atoms with Gasteiger partial charge in [0.2, 0.25) is 0 Å². The van der Waals surface area contributed by atoms with E-state index in [1.54, 1.807) is 12.1 Å². The Hall–Kier alpha value is -2.11. The molecule has 4 bridgehead atoms. The van der Waals surface area contributed by atoms with Crippen LogP contribution >= 0.6 is 0 Å². The summed E-state index contributed by atoms with van der Waals surface area (Å²) in [5.41, 5.74) is 1.57. The van der Waals surface area contributed by atoms with Gasteiger partial charge >= 0.3 is 0 Å². The number of hydrogen-bond donors (Lipinski definition) is 1. The Morgan fingerprint density at radius 3 is 2.34 bits per heavy atom. The molecule has 0 unspecified atom stereocenters. The number of nitrogens with one attached hydrogen (secondary N) is 1. The lowest BCUT2D eigenvalue weighted by Gasteiger charge is -2.65. The van der Waals surface area contributed by atoms with E-state index in [2.05, 4.69) is 24.1 Å². The van der Waals surface area contributed by atoms with Crippen molar-refractivity contribution in [1.29, 1.82) is 0 Å². The Kier molecular flexibility index (Phi) is 4.03. The number of benzene rings is 1. The highest BCUT2D eigenvalue weighted by molar-refractivity contribution is 5.96. The highest BCUT2D eigenvalue weighted by Crippen LogP contribution is 2.66. The van der Waals surface area contributed by atoms with E-state index in [4.69, 9.17) is 0 Å². The van der Waals surface area contributed by atoms with E-state index in [-0.39, 0.29) is 22.1 Å². The molecule has 6 heteroatoms. The smallest absolute Gasteiger partial charge is 0.293 e. The van der Waals surface area contributed by atoms with E-state index in [0.717, 1.165) is 45.2 Å². The van der Waals surface area contributed by atoms with Gasteiger partial charge < -0.3 is 10.2 Å². The number of hydrogen-bond acceptors (Lipinski definition) is 4. The minimum Gasteiger partial charge on any atom is -0.366 e. The highest BCUT2D eigenvalue weighted by Gasteiger charge is 2.60. The molecule has 4 aliphatic carbocycles. The maximum Gasteiger partial charge on any atom is 0.293 e. The van der Waals surface area contributed by atoms with Crippen LogP contribution in [0.15, 0.2) is 18.2 Å². The number of amides is 1. The van der Waals surface area contributed by atoms with Crippen molar-refractivity contribution >= 4 is 17.3 Å². The molecule has 0 radical (unpaired) electrons. The van der Waals surface area contributed by atoms with Gasteiger partial charge in [0.05, 0.1) is 4.92 Å². The SMILES string of the molecule is C[C@]12CC3CC(NC(=O)c4ccc(N5CCCC5)c([N+](=O)[O-])c4)(C1)C[C@](C)(C3)C2. The molecule has 1 N–H and O–H groups in total. The van der Waals surface area contributed by atoms with Crippen LogP contribution in [0.25, 0.3) is 0 Å². The molecule has 2 atom stereocenters. The molecular formula is C23H31N3O3. The van der Waals surface area contributed by atoms with Crippen LogP contribution in [-0.4, -0.2) is 29.5 Å². The molecule has 1 saturated heterocycles. The van der Waals surface area contributed by atoms with Gasteiger partial charge in [-0.15, -0.1) is 0 Å². The first-order valence-corrected chi connectivity index (χ1v) is 11.0. The van der Waals surface area contributed by atoms with Gasteiger partial charge in [-0.05, 0) is 80.2 Å². The third-order valence-electron chi connectivity index (χ3n) is 7.89. The second-order valence-corrected chi connectivity index (χ2v) is 11.0. The van der Waals surface area contributed by atoms with Gasteiger partial charge in [0, 0.05) is 30.3 Å². The molecule has 29 heavy (non-hydrogen) atoms. The van der Waals surface area contributed by atoms with Gasteiger partial charge in [-0.3, -0.25) is 14.9 Å². The summed E-state index contributed by atoms with van der Waals surface area (Å²) in [5.74, 6) is 0.531. The average molecular weight is 398 g/mol. The quantitative estimate of drug-likeness (QED) is 0.591. The van der Waals surface area contributed by atoms with Crippen LogP contribution in [0.3, 0.4) is 0 Å². The Balaban J connectivity index is 1.41. The molecule has 1 heterocycles. The number of carbonyl (C=O) groups is 1. The number of nitrogens with zero attached hydrogens (tertiary/aromatic N) is 2. The van der Waals surface area contributed by atoms with E-state index in [1.807, 2.05) is 0 Å². The highest BCUT2D eigenvalue weighted by atomic mass is 16.6. The van der Waals surface area contributed by atoms with Crippen LogP contribution in [0, 0.1) is 26.9 Å². The molecule has 6 nitrogen and oxygen atoms in total. The number of nitro benzene ring substituents is 1. The Labute approximate surface area is 172 Å². The largest absolute Gasteiger partial charge is 0.366 e. The molecule has 0 aromatic heterocycles. The maximum absolute atomic E-state index is 13.2. The van der Waals surface area contributed by atoms with Crippen LogP contribution in [0.5, 0.6) is 0 Å². The van der Waals surface area contributed by atoms with Gasteiger partial charge in [-0.25, -0.2) is 0 Å². The number of rotatable bonds is 4. The van der Waals surface area contributed by atoms with E-state index < -0.39 is 0 Å². The van der Waals surface area contributed by atoms with Gasteiger partial charge in [0.1, 0.15) is 5.69 Å². The lowest BCUT2D eigenvalue weighted by molar-refractivity contribution is -0.384. The zero-order chi connectivity index (χ0) is 20.4. The second kappa shape index (κ2) is 6.19. The summed E-state index contributed by atoms with van der Waals surface area (Å²) in [6.07, 6.45) is 9.03. The van der Waals surface area contributed by atoms with Crippen LogP contribution < -0.4 is 10.2 Å². The monoisotopic (exact) mass is 397 g/mol. The zero-order valence-corrected chi connectivity index (χ0v) is 17.5. The first kappa shape index (κ1) is 18.9. The fourth-order valence-corrected chi connectivity index (χ4v) is 7.94. The molecule has 4 saturated carbocycles. The summed E-state index contributed by atoms with van der Waals surface area (Å²) < 4.78 is 0. The molecule has 6 rings (SSSR count). The van der Waals surface area contributed by atoms with Crippen LogP contribution in [0.4, 0.5) is 11.4 Å². The number of nitro groups is 1. The van der Waals surface area contributed by atoms with Crippen LogP contribution in [-0.2, 0) is 0 Å². The summed E-state index contributed by atoms with van der Waals surface area (Å²) in [4.78, 5) is 26.6. The first-order valence-electron chi connectivity index (χ1n) is 11.0. The molecule has 5 aliphatic rings. The predicted octanol–water partition coefficient (Wildman–Crippen LogP) is 4.67. The van der Waals surface area contributed by atoms with Gasteiger partial charge in [0.15, 0.2) is 0 Å².